The molecule has 1 aromatic rings. The van der Waals surface area contributed by atoms with Gasteiger partial charge < -0.3 is 20.3 Å². The summed E-state index contributed by atoms with van der Waals surface area (Å²) in [6, 6.07) is 6.42. The fraction of sp³-hybridized carbons (Fsp3) is 0.562. The molecule has 1 saturated heterocycles. The van der Waals surface area contributed by atoms with E-state index in [4.69, 9.17) is 9.84 Å². The first-order valence-electron chi connectivity index (χ1n) is 7.79. The van der Waals surface area contributed by atoms with E-state index in [1.807, 2.05) is 19.1 Å². The van der Waals surface area contributed by atoms with Crippen molar-refractivity contribution < 1.29 is 19.7 Å². The van der Waals surface area contributed by atoms with Gasteiger partial charge in [-0.05, 0) is 55.0 Å². The molecule has 0 radical (unpaired) electrons. The monoisotopic (exact) mass is 340 g/mol. The Balaban J connectivity index is 1.97. The summed E-state index contributed by atoms with van der Waals surface area (Å²) in [5.74, 6) is 0. The summed E-state index contributed by atoms with van der Waals surface area (Å²) in [6.07, 6.45) is 0.742. The maximum atomic E-state index is 10.5. The minimum Gasteiger partial charge on any atom is -0.465 e. The Hall–Kier alpha value is -1.28. The molecule has 128 valence electrons. The Bertz CT molecular complexity index is 521. The Labute approximate surface area is 141 Å². The van der Waals surface area contributed by atoms with E-state index in [2.05, 4.69) is 15.7 Å². The van der Waals surface area contributed by atoms with Gasteiger partial charge in [-0.3, -0.25) is 0 Å². The summed E-state index contributed by atoms with van der Waals surface area (Å²) in [5.41, 5.74) is 2.02. The van der Waals surface area contributed by atoms with Crippen LogP contribution in [-0.4, -0.2) is 53.0 Å². The van der Waals surface area contributed by atoms with Gasteiger partial charge in [-0.2, -0.15) is 0 Å². The zero-order chi connectivity index (χ0) is 16.7. The van der Waals surface area contributed by atoms with Crippen molar-refractivity contribution in [3.8, 4) is 0 Å². The maximum Gasteiger partial charge on any atom is 0.404 e. The van der Waals surface area contributed by atoms with E-state index in [0.29, 0.717) is 19.2 Å². The van der Waals surface area contributed by atoms with Crippen molar-refractivity contribution >= 4 is 18.0 Å². The number of aliphatic hydroxyl groups excluding tert-OH is 1. The number of hydrogen-bond acceptors (Lipinski definition) is 5. The van der Waals surface area contributed by atoms with Crippen molar-refractivity contribution in [2.45, 2.75) is 37.3 Å². The van der Waals surface area contributed by atoms with Crippen molar-refractivity contribution in [2.75, 3.05) is 26.3 Å². The number of amides is 1. The van der Waals surface area contributed by atoms with Crippen molar-refractivity contribution in [1.29, 1.82) is 0 Å². The molecule has 0 spiro atoms. The van der Waals surface area contributed by atoms with Crippen LogP contribution in [0.15, 0.2) is 23.1 Å². The molecular weight excluding hydrogens is 316 g/mol. The average molecular weight is 340 g/mol. The van der Waals surface area contributed by atoms with Crippen LogP contribution in [0.5, 0.6) is 0 Å². The lowest BCUT2D eigenvalue weighted by molar-refractivity contribution is 0.178. The highest BCUT2D eigenvalue weighted by Gasteiger charge is 2.24. The number of nitrogens with zero attached hydrogens (tertiary/aromatic N) is 1. The van der Waals surface area contributed by atoms with Gasteiger partial charge in [0.1, 0.15) is 0 Å². The van der Waals surface area contributed by atoms with E-state index in [0.717, 1.165) is 42.0 Å². The van der Waals surface area contributed by atoms with E-state index in [1.165, 1.54) is 0 Å². The second kappa shape index (κ2) is 9.12. The van der Waals surface area contributed by atoms with Crippen molar-refractivity contribution in [3.63, 3.8) is 0 Å². The molecule has 1 fully saturated rings. The minimum atomic E-state index is -0.987. The van der Waals surface area contributed by atoms with E-state index in [1.54, 1.807) is 11.9 Å². The van der Waals surface area contributed by atoms with Gasteiger partial charge in [-0.25, -0.2) is 9.10 Å². The first-order valence-corrected chi connectivity index (χ1v) is 8.57. The highest BCUT2D eigenvalue weighted by atomic mass is 32.2. The van der Waals surface area contributed by atoms with Crippen LogP contribution in [0.1, 0.15) is 24.0 Å². The number of hydrogen-bond donors (Lipinski definition) is 3. The molecule has 1 aliphatic rings. The lowest BCUT2D eigenvalue weighted by Crippen LogP contribution is -2.33. The molecule has 7 heteroatoms. The summed E-state index contributed by atoms with van der Waals surface area (Å²) in [6.45, 7) is 4.72. The van der Waals surface area contributed by atoms with Crippen LogP contribution >= 0.6 is 11.9 Å². The van der Waals surface area contributed by atoms with Crippen LogP contribution in [0, 0.1) is 6.92 Å². The fourth-order valence-corrected chi connectivity index (χ4v) is 3.62. The number of carbonyl (C=O) groups is 1. The lowest BCUT2D eigenvalue weighted by atomic mass is 10.1. The van der Waals surface area contributed by atoms with Crippen LogP contribution in [0.25, 0.3) is 0 Å². The maximum absolute atomic E-state index is 10.5. The Kier molecular flexibility index (Phi) is 7.16. The van der Waals surface area contributed by atoms with Gasteiger partial charge in [0, 0.05) is 30.6 Å². The molecule has 3 N–H and O–H groups in total. The zero-order valence-electron chi connectivity index (χ0n) is 13.3. The van der Waals surface area contributed by atoms with Crippen LogP contribution in [0.2, 0.25) is 0 Å². The van der Waals surface area contributed by atoms with Gasteiger partial charge in [0.2, 0.25) is 0 Å². The SMILES string of the molecule is Cc1ccc(SN(CCCNC(=O)O)[C@@H]2CCOC2)cc1CO. The molecular formula is C16H24N2O4S. The molecule has 6 nitrogen and oxygen atoms in total. The highest BCUT2D eigenvalue weighted by molar-refractivity contribution is 7.97. The Morgan fingerprint density at radius 3 is 3.00 bits per heavy atom. The quantitative estimate of drug-likeness (QED) is 0.497. The number of carboxylic acid groups (broad SMARTS) is 1. The summed E-state index contributed by atoms with van der Waals surface area (Å²) in [5, 5.41) is 20.4. The van der Waals surface area contributed by atoms with Crippen molar-refractivity contribution in [3.05, 3.63) is 29.3 Å². The second-order valence-corrected chi connectivity index (χ2v) is 6.70. The highest BCUT2D eigenvalue weighted by Crippen LogP contribution is 2.29. The molecule has 0 aliphatic carbocycles. The molecule has 1 aromatic carbocycles. The molecule has 1 heterocycles. The number of benzene rings is 1. The zero-order valence-corrected chi connectivity index (χ0v) is 14.1. The molecule has 1 atom stereocenters. The Morgan fingerprint density at radius 1 is 1.52 bits per heavy atom. The topological polar surface area (TPSA) is 82.0 Å². The molecule has 0 aromatic heterocycles. The van der Waals surface area contributed by atoms with Crippen LogP contribution in [0.3, 0.4) is 0 Å². The van der Waals surface area contributed by atoms with Gasteiger partial charge in [0.05, 0.1) is 13.2 Å². The largest absolute Gasteiger partial charge is 0.465 e. The predicted octanol–water partition coefficient (Wildman–Crippen LogP) is 2.24. The number of ether oxygens (including phenoxy) is 1. The minimum absolute atomic E-state index is 0.0370. The molecule has 1 aliphatic heterocycles. The van der Waals surface area contributed by atoms with E-state index in [-0.39, 0.29) is 6.61 Å². The third-order valence-corrected chi connectivity index (χ3v) is 5.04. The standard InChI is InChI=1S/C16H24N2O4S/c1-12-3-4-15(9-13(12)10-19)23-18(14-5-8-22-11-14)7-2-6-17-16(20)21/h3-4,9,14,17,19H,2,5-8,10-11H2,1H3,(H,20,21)/t14-/m1/s1. The summed E-state index contributed by atoms with van der Waals surface area (Å²) in [7, 11) is 0. The predicted molar refractivity (Wildman–Crippen MR) is 89.5 cm³/mol. The van der Waals surface area contributed by atoms with Crippen molar-refractivity contribution in [1.82, 2.24) is 9.62 Å². The molecule has 0 saturated carbocycles. The second-order valence-electron chi connectivity index (χ2n) is 5.58. The van der Waals surface area contributed by atoms with Gasteiger partial charge in [0.25, 0.3) is 0 Å². The van der Waals surface area contributed by atoms with Crippen molar-refractivity contribution in [2.24, 2.45) is 0 Å². The van der Waals surface area contributed by atoms with Crippen LogP contribution in [-0.2, 0) is 11.3 Å². The van der Waals surface area contributed by atoms with Gasteiger partial charge in [0.15, 0.2) is 0 Å². The van der Waals surface area contributed by atoms with Gasteiger partial charge in [-0.1, -0.05) is 6.07 Å². The first kappa shape index (κ1) is 18.1. The molecule has 2 rings (SSSR count). The van der Waals surface area contributed by atoms with E-state index < -0.39 is 6.09 Å². The number of nitrogens with one attached hydrogen (secondary N) is 1. The molecule has 0 unspecified atom stereocenters. The van der Waals surface area contributed by atoms with Crippen LogP contribution in [0.4, 0.5) is 4.79 Å². The smallest absolute Gasteiger partial charge is 0.404 e. The third-order valence-electron chi connectivity index (χ3n) is 3.86. The summed E-state index contributed by atoms with van der Waals surface area (Å²) >= 11 is 1.65. The molecule has 23 heavy (non-hydrogen) atoms. The first-order chi connectivity index (χ1) is 11.1. The van der Waals surface area contributed by atoms with E-state index in [9.17, 15) is 9.90 Å². The van der Waals surface area contributed by atoms with E-state index >= 15 is 0 Å². The summed E-state index contributed by atoms with van der Waals surface area (Å²) < 4.78 is 7.75. The fourth-order valence-electron chi connectivity index (χ4n) is 2.49. The molecule has 1 amide bonds. The average Bonchev–Trinajstić information content (AvgIpc) is 3.06. The molecule has 0 bridgehead atoms. The van der Waals surface area contributed by atoms with Crippen LogP contribution < -0.4 is 5.32 Å². The number of aliphatic hydroxyl groups is 1. The normalized spacial score (nSPS) is 17.6. The lowest BCUT2D eigenvalue weighted by Gasteiger charge is -2.26. The summed E-state index contributed by atoms with van der Waals surface area (Å²) in [4.78, 5) is 11.6. The van der Waals surface area contributed by atoms with Gasteiger partial charge >= 0.3 is 6.09 Å². The van der Waals surface area contributed by atoms with Gasteiger partial charge in [-0.15, -0.1) is 0 Å². The number of rotatable bonds is 8. The Morgan fingerprint density at radius 2 is 2.35 bits per heavy atom. The third kappa shape index (κ3) is 5.69. The number of aryl methyl sites for hydroxylation is 1.